The molecule has 0 aromatic heterocycles. The van der Waals surface area contributed by atoms with E-state index in [0.29, 0.717) is 0 Å². The summed E-state index contributed by atoms with van der Waals surface area (Å²) in [6.07, 6.45) is 6.94. The minimum Gasteiger partial charge on any atom is -0.313 e. The second-order valence-corrected chi connectivity index (χ2v) is 7.37. The molecule has 19 heavy (non-hydrogen) atoms. The van der Waals surface area contributed by atoms with E-state index in [-0.39, 0.29) is 0 Å². The van der Waals surface area contributed by atoms with Gasteiger partial charge in [0.15, 0.2) is 0 Å². The topological polar surface area (TPSA) is 12.0 Å². The Hall–Kier alpha value is 0.01000. The second-order valence-electron chi connectivity index (χ2n) is 5.39. The number of rotatable bonds is 7. The monoisotopic (exact) mass is 341 g/mol. The summed E-state index contributed by atoms with van der Waals surface area (Å²) in [6.45, 7) is 4.31. The molecule has 106 valence electrons. The molecule has 1 aromatic carbocycles. The Morgan fingerprint density at radius 3 is 2.84 bits per heavy atom. The van der Waals surface area contributed by atoms with E-state index in [1.807, 2.05) is 11.8 Å². The lowest BCUT2D eigenvalue weighted by Crippen LogP contribution is -2.14. The predicted molar refractivity (Wildman–Crippen MR) is 88.8 cm³/mol. The van der Waals surface area contributed by atoms with Crippen LogP contribution in [0.1, 0.15) is 44.6 Å². The molecule has 1 aromatic rings. The Morgan fingerprint density at radius 1 is 1.32 bits per heavy atom. The summed E-state index contributed by atoms with van der Waals surface area (Å²) in [5, 5.41) is 3.51. The van der Waals surface area contributed by atoms with Crippen LogP contribution in [0.3, 0.4) is 0 Å². The zero-order valence-corrected chi connectivity index (χ0v) is 14.2. The predicted octanol–water partition coefficient (Wildman–Crippen LogP) is 5.23. The normalized spacial score (nSPS) is 16.1. The lowest BCUT2D eigenvalue weighted by Gasteiger charge is -2.13. The third-order valence-electron chi connectivity index (χ3n) is 3.72. The minimum absolute atomic E-state index is 0.945. The smallest absolute Gasteiger partial charge is 0.0216 e. The number of nitrogens with one attached hydrogen (secondary N) is 1. The van der Waals surface area contributed by atoms with Crippen LogP contribution in [0.5, 0.6) is 0 Å². The van der Waals surface area contributed by atoms with Crippen LogP contribution in [-0.4, -0.2) is 12.3 Å². The van der Waals surface area contributed by atoms with Gasteiger partial charge in [-0.3, -0.25) is 0 Å². The van der Waals surface area contributed by atoms with Crippen molar-refractivity contribution in [1.82, 2.24) is 5.32 Å². The molecule has 1 saturated carbocycles. The van der Waals surface area contributed by atoms with Crippen LogP contribution in [0, 0.1) is 5.92 Å². The number of hydrogen-bond acceptors (Lipinski definition) is 2. The molecule has 0 saturated heterocycles. The molecule has 1 aliphatic carbocycles. The summed E-state index contributed by atoms with van der Waals surface area (Å²) in [5.41, 5.74) is 1.44. The van der Waals surface area contributed by atoms with E-state index in [9.17, 15) is 0 Å². The van der Waals surface area contributed by atoms with Gasteiger partial charge >= 0.3 is 0 Å². The molecule has 2 rings (SSSR count). The molecular weight excluding hydrogens is 318 g/mol. The third kappa shape index (κ3) is 5.13. The van der Waals surface area contributed by atoms with Crippen LogP contribution in [0.2, 0.25) is 0 Å². The minimum atomic E-state index is 0.945. The molecular formula is C16H24BrNS. The van der Waals surface area contributed by atoms with Gasteiger partial charge in [0.2, 0.25) is 0 Å². The molecule has 1 nitrogen and oxygen atoms in total. The van der Waals surface area contributed by atoms with Crippen LogP contribution >= 0.6 is 27.7 Å². The lowest BCUT2D eigenvalue weighted by atomic mass is 10.1. The van der Waals surface area contributed by atoms with Crippen LogP contribution in [0.15, 0.2) is 27.6 Å². The van der Waals surface area contributed by atoms with Gasteiger partial charge in [0.25, 0.3) is 0 Å². The van der Waals surface area contributed by atoms with Crippen molar-refractivity contribution in [2.45, 2.75) is 50.5 Å². The van der Waals surface area contributed by atoms with E-state index in [0.717, 1.165) is 19.0 Å². The maximum Gasteiger partial charge on any atom is 0.0216 e. The van der Waals surface area contributed by atoms with Gasteiger partial charge in [0.1, 0.15) is 0 Å². The molecule has 0 aliphatic heterocycles. The molecule has 0 spiro atoms. The van der Waals surface area contributed by atoms with Crippen LogP contribution < -0.4 is 5.32 Å². The van der Waals surface area contributed by atoms with Crippen molar-refractivity contribution in [1.29, 1.82) is 0 Å². The van der Waals surface area contributed by atoms with Gasteiger partial charge in [-0.05, 0) is 49.4 Å². The van der Waals surface area contributed by atoms with Gasteiger partial charge in [-0.2, -0.15) is 0 Å². The van der Waals surface area contributed by atoms with Crippen molar-refractivity contribution in [2.75, 3.05) is 12.3 Å². The summed E-state index contributed by atoms with van der Waals surface area (Å²) in [6, 6.07) is 6.69. The fourth-order valence-corrected chi connectivity index (χ4v) is 4.39. The molecule has 3 heteroatoms. The number of thioether (sulfide) groups is 1. The Labute approximate surface area is 130 Å². The molecule has 1 fully saturated rings. The third-order valence-corrected chi connectivity index (χ3v) is 5.54. The summed E-state index contributed by atoms with van der Waals surface area (Å²) in [7, 11) is 0. The highest BCUT2D eigenvalue weighted by atomic mass is 79.9. The average Bonchev–Trinajstić information content (AvgIpc) is 2.92. The highest BCUT2D eigenvalue weighted by molar-refractivity contribution is 9.10. The van der Waals surface area contributed by atoms with Crippen LogP contribution in [0.4, 0.5) is 0 Å². The molecule has 1 aliphatic rings. The first kappa shape index (κ1) is 15.4. The molecule has 0 amide bonds. The average molecular weight is 342 g/mol. The zero-order chi connectivity index (χ0) is 13.5. The molecule has 0 atom stereocenters. The Kier molecular flexibility index (Phi) is 6.75. The molecule has 0 radical (unpaired) electrons. The van der Waals surface area contributed by atoms with Crippen LogP contribution in [-0.2, 0) is 6.54 Å². The standard InChI is InChI=1S/C16H24BrNS/c1-2-9-18-11-14-7-8-15(17)10-16(14)19-12-13-5-3-4-6-13/h7-8,10,13,18H,2-6,9,11-12H2,1H3. The van der Waals surface area contributed by atoms with Gasteiger partial charge < -0.3 is 5.32 Å². The maximum absolute atomic E-state index is 3.60. The molecule has 0 heterocycles. The van der Waals surface area contributed by atoms with E-state index in [1.165, 1.54) is 52.8 Å². The Bertz CT molecular complexity index is 388. The van der Waals surface area contributed by atoms with Crippen molar-refractivity contribution in [3.63, 3.8) is 0 Å². The first-order chi connectivity index (χ1) is 9.29. The summed E-state index contributed by atoms with van der Waals surface area (Å²) in [5.74, 6) is 2.23. The van der Waals surface area contributed by atoms with Crippen molar-refractivity contribution in [3.8, 4) is 0 Å². The highest BCUT2D eigenvalue weighted by Gasteiger charge is 2.15. The molecule has 0 unspecified atom stereocenters. The quantitative estimate of drug-likeness (QED) is 0.538. The Balaban J connectivity index is 1.93. The fraction of sp³-hybridized carbons (Fsp3) is 0.625. The van der Waals surface area contributed by atoms with Crippen molar-refractivity contribution in [2.24, 2.45) is 5.92 Å². The fourth-order valence-electron chi connectivity index (χ4n) is 2.59. The summed E-state index contributed by atoms with van der Waals surface area (Å²) in [4.78, 5) is 1.45. The molecule has 0 bridgehead atoms. The highest BCUT2D eigenvalue weighted by Crippen LogP contribution is 2.33. The van der Waals surface area contributed by atoms with Gasteiger partial charge in [-0.25, -0.2) is 0 Å². The summed E-state index contributed by atoms with van der Waals surface area (Å²) < 4.78 is 1.20. The first-order valence-corrected chi connectivity index (χ1v) is 9.19. The SMILES string of the molecule is CCCNCc1ccc(Br)cc1SCC1CCCC1. The zero-order valence-electron chi connectivity index (χ0n) is 11.8. The van der Waals surface area contributed by atoms with Gasteiger partial charge in [0, 0.05) is 21.7 Å². The number of halogens is 1. The first-order valence-electron chi connectivity index (χ1n) is 7.41. The van der Waals surface area contributed by atoms with Crippen molar-refractivity contribution in [3.05, 3.63) is 28.2 Å². The van der Waals surface area contributed by atoms with E-state index in [4.69, 9.17) is 0 Å². The van der Waals surface area contributed by atoms with Gasteiger partial charge in [0.05, 0.1) is 0 Å². The van der Waals surface area contributed by atoms with Gasteiger partial charge in [-0.1, -0.05) is 41.8 Å². The van der Waals surface area contributed by atoms with E-state index < -0.39 is 0 Å². The van der Waals surface area contributed by atoms with Gasteiger partial charge in [-0.15, -0.1) is 11.8 Å². The maximum atomic E-state index is 3.60. The van der Waals surface area contributed by atoms with E-state index in [1.54, 1.807) is 0 Å². The lowest BCUT2D eigenvalue weighted by molar-refractivity contribution is 0.622. The Morgan fingerprint density at radius 2 is 2.11 bits per heavy atom. The van der Waals surface area contributed by atoms with E-state index in [2.05, 4.69) is 46.4 Å². The largest absolute Gasteiger partial charge is 0.313 e. The summed E-state index contributed by atoms with van der Waals surface area (Å²) >= 11 is 5.64. The number of hydrogen-bond donors (Lipinski definition) is 1. The molecule has 1 N–H and O–H groups in total. The second kappa shape index (κ2) is 8.33. The van der Waals surface area contributed by atoms with Crippen molar-refractivity contribution < 1.29 is 0 Å². The van der Waals surface area contributed by atoms with E-state index >= 15 is 0 Å². The number of benzene rings is 1. The van der Waals surface area contributed by atoms with Crippen molar-refractivity contribution >= 4 is 27.7 Å². The van der Waals surface area contributed by atoms with Crippen LogP contribution in [0.25, 0.3) is 0 Å².